The van der Waals surface area contributed by atoms with Crippen LogP contribution in [0, 0.1) is 0 Å². The summed E-state index contributed by atoms with van der Waals surface area (Å²) in [5, 5.41) is 37.0. The van der Waals surface area contributed by atoms with Gasteiger partial charge in [0, 0.05) is 119 Å². The van der Waals surface area contributed by atoms with Crippen LogP contribution in [0.3, 0.4) is 0 Å². The summed E-state index contributed by atoms with van der Waals surface area (Å²) in [6.07, 6.45) is -0.0102. The molecule has 0 bridgehead atoms. The number of benzene rings is 4. The monoisotopic (exact) mass is 1460 g/mol. The van der Waals surface area contributed by atoms with Gasteiger partial charge in [-0.15, -0.1) is 0 Å². The minimum atomic E-state index is -0.687. The van der Waals surface area contributed by atoms with Crippen molar-refractivity contribution in [1.82, 2.24) is 24.9 Å². The summed E-state index contributed by atoms with van der Waals surface area (Å²) >= 11 is 8.64. The molecule has 30 heteroatoms. The lowest BCUT2D eigenvalue weighted by atomic mass is 10.2. The molecule has 0 saturated carbocycles. The summed E-state index contributed by atoms with van der Waals surface area (Å²) in [6, 6.07) is 36.3. The zero-order valence-corrected chi connectivity index (χ0v) is 58.2. The van der Waals surface area contributed by atoms with Gasteiger partial charge in [0.05, 0.1) is 52.6 Å². The van der Waals surface area contributed by atoms with Gasteiger partial charge in [-0.3, -0.25) is 57.7 Å². The normalized spacial score (nSPS) is 9.65. The molecule has 0 fully saturated rings. The maximum atomic E-state index is 12.2. The number of esters is 8. The molecule has 0 unspecified atom stereocenters. The van der Waals surface area contributed by atoms with E-state index < -0.39 is 47.3 Å². The molecule has 0 spiro atoms. The second-order valence-corrected chi connectivity index (χ2v) is 20.1. The van der Waals surface area contributed by atoms with Gasteiger partial charge in [0.25, 0.3) is 0 Å². The number of nitrogens with zero attached hydrogens (tertiary/aromatic N) is 4. The van der Waals surface area contributed by atoms with Crippen LogP contribution in [0.5, 0.6) is 5.75 Å². The minimum absolute atomic E-state index is 0. The Balaban J connectivity index is -0.000000542. The number of carbonyl (C=O) groups excluding carboxylic acids is 11. The fraction of sp³-hybridized carbons (Fsp3) is 0.478. The van der Waals surface area contributed by atoms with Crippen LogP contribution in [0.15, 0.2) is 115 Å². The van der Waals surface area contributed by atoms with Crippen molar-refractivity contribution in [3.05, 3.63) is 138 Å². The number of carbonyl (C=O) groups is 11. The molecule has 5 N–H and O–H groups in total. The van der Waals surface area contributed by atoms with E-state index in [0.717, 1.165) is 24.0 Å². The van der Waals surface area contributed by atoms with Gasteiger partial charge < -0.3 is 73.4 Å². The van der Waals surface area contributed by atoms with Crippen molar-refractivity contribution in [3.8, 4) is 5.75 Å². The zero-order chi connectivity index (χ0) is 72.7. The molecule has 0 aliphatic rings. The molecule has 0 aliphatic carbocycles. The number of ether oxygens (including phenoxy) is 8. The average molecular weight is 1460 g/mol. The van der Waals surface area contributed by atoms with Crippen LogP contribution in [0.1, 0.15) is 89.9 Å². The topological polar surface area (TPSA) is 368 Å². The molecular weight excluding hydrogens is 1360 g/mol. The minimum Gasteiger partial charge on any atom is -0.465 e. The predicted octanol–water partition coefficient (Wildman–Crippen LogP) is 6.16. The van der Waals surface area contributed by atoms with E-state index in [0.29, 0.717) is 64.3 Å². The maximum Gasteiger partial charge on any atom is 0.415 e. The highest BCUT2D eigenvalue weighted by Gasteiger charge is 2.18. The molecule has 28 nitrogen and oxygen atoms in total. The molecular formula is C67H99BrClN5O23. The van der Waals surface area contributed by atoms with Gasteiger partial charge in [0.1, 0.15) is 51.7 Å². The van der Waals surface area contributed by atoms with E-state index >= 15 is 0 Å². The predicted molar refractivity (Wildman–Crippen MR) is 365 cm³/mol. The first kappa shape index (κ1) is 95.1. The lowest BCUT2D eigenvalue weighted by Gasteiger charge is -2.21. The Morgan fingerprint density at radius 1 is 0.423 bits per heavy atom. The third-order valence-electron chi connectivity index (χ3n) is 11.0. The van der Waals surface area contributed by atoms with Crippen molar-refractivity contribution in [2.45, 2.75) is 81.2 Å². The van der Waals surface area contributed by atoms with Gasteiger partial charge in [0.2, 0.25) is 0 Å². The smallest absolute Gasteiger partial charge is 0.415 e. The van der Waals surface area contributed by atoms with Gasteiger partial charge in [-0.1, -0.05) is 114 Å². The van der Waals surface area contributed by atoms with Crippen LogP contribution in [-0.2, 0) is 89.9 Å². The maximum absolute atomic E-state index is 12.2. The number of halogens is 2. The summed E-state index contributed by atoms with van der Waals surface area (Å²) in [7, 11) is 0. The number of alkyl halides is 1. The lowest BCUT2D eigenvalue weighted by molar-refractivity contribution is -0.156. The largest absolute Gasteiger partial charge is 0.465 e. The standard InChI is InChI=1S/C16H19NO7.C15H21NO4.C11H17NO2.C9H14ClNO5.C7H7Br.C4H11NO2.C4H6O3.CH4/c1-12(19)22-9-7-17(8-10-23-13(2)20)16(21)24-15-5-3-14(11-18)4-6-15;1-13(17)19-10-8-16(9-11-20-14(2)18)12-15-6-4-3-5-7-15;13-8-6-12(7-9-14)10-11-4-2-1-3-5-11;1-7(12)15-5-3-11(9(10)14)4-6-16-8(2)13;8-6-7-4-2-1-3-5-7;6-3-1-5-2-4-7;1-3(5)7-4(2)6;/h3-6,11H,7-10H2,1-2H3;3-7H,8-12H2,1-2H3;1-5,13-14H,6-10H2;3-6H2,1-2H3;1-5H,6H2;5-7H,1-4H2;1-2H3;1H4. The SMILES string of the molecule is BrCc1ccccc1.C.CC(=O)OC(C)=O.CC(=O)OCCN(CCOC(C)=O)C(=O)Cl.CC(=O)OCCN(CCOC(C)=O)C(=O)Oc1ccc(C=O)cc1.CC(=O)OCCN(CCOC(C)=O)Cc1ccccc1.OCCN(CCO)Cc1ccccc1.OCCNCCO. The highest BCUT2D eigenvalue weighted by molar-refractivity contribution is 9.08. The Morgan fingerprint density at radius 3 is 0.990 bits per heavy atom. The number of aliphatic hydroxyl groups is 4. The first-order valence-electron chi connectivity index (χ1n) is 30.0. The molecule has 4 aromatic rings. The number of rotatable bonds is 33. The number of hydrogen-bond acceptors (Lipinski definition) is 26. The van der Waals surface area contributed by atoms with E-state index in [4.69, 9.17) is 55.7 Å². The molecule has 0 atom stereocenters. The molecule has 2 amide bonds. The molecule has 97 heavy (non-hydrogen) atoms. The molecule has 544 valence electrons. The first-order valence-corrected chi connectivity index (χ1v) is 31.5. The fourth-order valence-electron chi connectivity index (χ4n) is 6.76. The first-order chi connectivity index (χ1) is 45.8. The average Bonchev–Trinajstić information content (AvgIpc) is 1.19. The van der Waals surface area contributed by atoms with Gasteiger partial charge in [0.15, 0.2) is 0 Å². The summed E-state index contributed by atoms with van der Waals surface area (Å²) in [5.74, 6) is -3.23. The van der Waals surface area contributed by atoms with Crippen molar-refractivity contribution in [2.75, 3.05) is 132 Å². The quantitative estimate of drug-likeness (QED) is 0.00521. The van der Waals surface area contributed by atoms with Crippen LogP contribution >= 0.6 is 27.5 Å². The van der Waals surface area contributed by atoms with Crippen molar-refractivity contribution < 1.29 is 111 Å². The van der Waals surface area contributed by atoms with Crippen LogP contribution in [-0.4, -0.2) is 237 Å². The zero-order valence-electron chi connectivity index (χ0n) is 55.9. The molecule has 0 heterocycles. The highest BCUT2D eigenvalue weighted by atomic mass is 79.9. The third kappa shape index (κ3) is 64.8. The summed E-state index contributed by atoms with van der Waals surface area (Å²) < 4.78 is 37.9. The Morgan fingerprint density at radius 2 is 0.732 bits per heavy atom. The van der Waals surface area contributed by atoms with Crippen LogP contribution in [0.4, 0.5) is 9.59 Å². The van der Waals surface area contributed by atoms with Crippen LogP contribution in [0.2, 0.25) is 0 Å². The number of nitrogens with one attached hydrogen (secondary N) is 1. The van der Waals surface area contributed by atoms with E-state index in [1.54, 1.807) is 0 Å². The highest BCUT2D eigenvalue weighted by Crippen LogP contribution is 2.13. The van der Waals surface area contributed by atoms with Crippen LogP contribution < -0.4 is 10.1 Å². The van der Waals surface area contributed by atoms with E-state index in [1.165, 1.54) is 101 Å². The van der Waals surface area contributed by atoms with Gasteiger partial charge in [-0.2, -0.15) is 0 Å². The van der Waals surface area contributed by atoms with Gasteiger partial charge in [-0.05, 0) is 52.6 Å². The van der Waals surface area contributed by atoms with E-state index in [-0.39, 0.29) is 104 Å². The van der Waals surface area contributed by atoms with E-state index in [1.807, 2.05) is 83.8 Å². The Kier molecular flexibility index (Phi) is 63.8. The number of aliphatic hydroxyl groups excluding tert-OH is 4. The Bertz CT molecular complexity index is 2660. The Hall–Kier alpha value is -8.26. The van der Waals surface area contributed by atoms with Gasteiger partial charge in [-0.25, -0.2) is 4.79 Å². The number of aldehydes is 1. The van der Waals surface area contributed by atoms with Crippen molar-refractivity contribution >= 4 is 93.0 Å². The third-order valence-corrected chi connectivity index (χ3v) is 11.9. The fourth-order valence-corrected chi connectivity index (χ4v) is 7.30. The van der Waals surface area contributed by atoms with Crippen molar-refractivity contribution in [1.29, 1.82) is 0 Å². The second kappa shape index (κ2) is 65.0. The van der Waals surface area contributed by atoms with Crippen molar-refractivity contribution in [2.24, 2.45) is 0 Å². The molecule has 4 aromatic carbocycles. The van der Waals surface area contributed by atoms with Crippen LogP contribution in [0.25, 0.3) is 0 Å². The number of amides is 2. The van der Waals surface area contributed by atoms with E-state index in [2.05, 4.69) is 52.5 Å². The summed E-state index contributed by atoms with van der Waals surface area (Å²) in [5.41, 5.74) is 4.15. The molecule has 0 saturated heterocycles. The number of hydrogen-bond donors (Lipinski definition) is 5. The Labute approximate surface area is 582 Å². The molecule has 0 aliphatic heterocycles. The molecule has 0 aromatic heterocycles. The lowest BCUT2D eigenvalue weighted by Crippen LogP contribution is -2.39. The summed E-state index contributed by atoms with van der Waals surface area (Å²) in [6.45, 7) is 17.1. The molecule has 4 rings (SSSR count). The molecule has 0 radical (unpaired) electrons. The van der Waals surface area contributed by atoms with E-state index in [9.17, 15) is 52.7 Å². The van der Waals surface area contributed by atoms with Crippen molar-refractivity contribution in [3.63, 3.8) is 0 Å². The summed E-state index contributed by atoms with van der Waals surface area (Å²) in [4.78, 5) is 124. The van der Waals surface area contributed by atoms with Gasteiger partial charge >= 0.3 is 59.2 Å². The second-order valence-electron chi connectivity index (χ2n) is 19.2.